The second kappa shape index (κ2) is 10.5. The largest absolute Gasteiger partial charge is 0.573 e. The number of halogens is 3. The minimum Gasteiger partial charge on any atom is -0.406 e. The number of nitrogens with zero attached hydrogens (tertiary/aromatic N) is 3. The molecule has 0 aliphatic carbocycles. The summed E-state index contributed by atoms with van der Waals surface area (Å²) in [5.41, 5.74) is 3.99. The topological polar surface area (TPSA) is 62.3 Å². The Balaban J connectivity index is 1.94. The van der Waals surface area contributed by atoms with Gasteiger partial charge in [-0.2, -0.15) is 4.98 Å². The van der Waals surface area contributed by atoms with Crippen LogP contribution in [-0.2, 0) is 0 Å². The Labute approximate surface area is 191 Å². The van der Waals surface area contributed by atoms with Crippen LogP contribution >= 0.6 is 0 Å². The van der Waals surface area contributed by atoms with Crippen molar-refractivity contribution < 1.29 is 17.9 Å². The Morgan fingerprint density at radius 2 is 1.67 bits per heavy atom. The van der Waals surface area contributed by atoms with E-state index in [0.717, 1.165) is 29.8 Å². The van der Waals surface area contributed by atoms with Crippen LogP contribution in [0.4, 0.5) is 30.6 Å². The van der Waals surface area contributed by atoms with Gasteiger partial charge in [-0.1, -0.05) is 30.3 Å². The number of anilines is 3. The average Bonchev–Trinajstić information content (AvgIpc) is 2.73. The van der Waals surface area contributed by atoms with Gasteiger partial charge in [-0.15, -0.1) is 13.2 Å². The summed E-state index contributed by atoms with van der Waals surface area (Å²) in [6, 6.07) is 13.4. The molecule has 0 aliphatic heterocycles. The first-order chi connectivity index (χ1) is 15.6. The molecule has 1 aromatic heterocycles. The van der Waals surface area contributed by atoms with E-state index < -0.39 is 6.36 Å². The summed E-state index contributed by atoms with van der Waals surface area (Å²) in [6.07, 6.45) is -3.88. The summed E-state index contributed by atoms with van der Waals surface area (Å²) in [5.74, 6) is 0.625. The standard InChI is InChI=1S/C24H28F3N5O/c1-16-8-5-9-17(2)22(16)30-21-15-20(29-23(31-21)28-12-7-13-32(3)4)18-10-6-11-19(14-18)33-24(25,26)27/h5-6,8-11,14-15H,7,12-13H2,1-4H3,(H2,28,29,30,31). The molecule has 2 N–H and O–H groups in total. The van der Waals surface area contributed by atoms with Gasteiger partial charge >= 0.3 is 6.36 Å². The van der Waals surface area contributed by atoms with E-state index in [9.17, 15) is 13.2 Å². The third-order valence-electron chi connectivity index (χ3n) is 4.89. The number of nitrogens with one attached hydrogen (secondary N) is 2. The molecule has 176 valence electrons. The van der Waals surface area contributed by atoms with Gasteiger partial charge in [0.25, 0.3) is 0 Å². The molecule has 1 heterocycles. The fourth-order valence-electron chi connectivity index (χ4n) is 3.33. The SMILES string of the molecule is Cc1cccc(C)c1Nc1cc(-c2cccc(OC(F)(F)F)c2)nc(NCCCN(C)C)n1. The molecule has 0 fully saturated rings. The highest BCUT2D eigenvalue weighted by Crippen LogP contribution is 2.30. The summed E-state index contributed by atoms with van der Waals surface area (Å²) in [5, 5.41) is 6.56. The van der Waals surface area contributed by atoms with Crippen molar-refractivity contribution in [1.82, 2.24) is 14.9 Å². The van der Waals surface area contributed by atoms with Crippen LogP contribution in [0.25, 0.3) is 11.3 Å². The predicted molar refractivity (Wildman–Crippen MR) is 125 cm³/mol. The number of aromatic nitrogens is 2. The van der Waals surface area contributed by atoms with Crippen molar-refractivity contribution in [1.29, 1.82) is 0 Å². The van der Waals surface area contributed by atoms with Crippen LogP contribution in [0.15, 0.2) is 48.5 Å². The van der Waals surface area contributed by atoms with Crippen LogP contribution in [0.3, 0.4) is 0 Å². The Morgan fingerprint density at radius 3 is 2.33 bits per heavy atom. The Kier molecular flexibility index (Phi) is 7.75. The first-order valence-corrected chi connectivity index (χ1v) is 10.6. The number of hydrogen-bond donors (Lipinski definition) is 2. The quantitative estimate of drug-likeness (QED) is 0.397. The minimum atomic E-state index is -4.77. The molecular formula is C24H28F3N5O. The van der Waals surface area contributed by atoms with Gasteiger partial charge in [0, 0.05) is 23.9 Å². The number of alkyl halides is 3. The molecule has 3 rings (SSSR count). The van der Waals surface area contributed by atoms with E-state index in [4.69, 9.17) is 0 Å². The second-order valence-corrected chi connectivity index (χ2v) is 8.01. The minimum absolute atomic E-state index is 0.302. The van der Waals surface area contributed by atoms with E-state index in [0.29, 0.717) is 29.6 Å². The molecule has 0 spiro atoms. The van der Waals surface area contributed by atoms with Gasteiger partial charge in [-0.25, -0.2) is 4.98 Å². The zero-order valence-corrected chi connectivity index (χ0v) is 19.1. The van der Waals surface area contributed by atoms with E-state index in [-0.39, 0.29) is 5.75 Å². The zero-order chi connectivity index (χ0) is 24.0. The third-order valence-corrected chi connectivity index (χ3v) is 4.89. The molecule has 0 amide bonds. The lowest BCUT2D eigenvalue weighted by atomic mass is 10.1. The molecule has 9 heteroatoms. The van der Waals surface area contributed by atoms with Gasteiger partial charge in [0.2, 0.25) is 5.95 Å². The number of aryl methyl sites for hydroxylation is 2. The second-order valence-electron chi connectivity index (χ2n) is 8.01. The molecule has 6 nitrogen and oxygen atoms in total. The van der Waals surface area contributed by atoms with Crippen LogP contribution in [0.5, 0.6) is 5.75 Å². The maximum atomic E-state index is 12.7. The summed E-state index contributed by atoms with van der Waals surface area (Å²) in [4.78, 5) is 11.2. The molecular weight excluding hydrogens is 431 g/mol. The van der Waals surface area contributed by atoms with E-state index in [1.54, 1.807) is 12.1 Å². The fourth-order valence-corrected chi connectivity index (χ4v) is 3.33. The molecule has 0 saturated carbocycles. The molecule has 0 aliphatic rings. The highest BCUT2D eigenvalue weighted by atomic mass is 19.4. The molecule has 0 bridgehead atoms. The maximum Gasteiger partial charge on any atom is 0.573 e. The first-order valence-electron chi connectivity index (χ1n) is 10.6. The van der Waals surface area contributed by atoms with Crippen LogP contribution in [0.2, 0.25) is 0 Å². The maximum absolute atomic E-state index is 12.7. The fraction of sp³-hybridized carbons (Fsp3) is 0.333. The van der Waals surface area contributed by atoms with Gasteiger partial charge in [0.1, 0.15) is 11.6 Å². The van der Waals surface area contributed by atoms with Gasteiger partial charge in [0.05, 0.1) is 5.69 Å². The zero-order valence-electron chi connectivity index (χ0n) is 19.1. The normalized spacial score (nSPS) is 11.5. The van der Waals surface area contributed by atoms with Crippen molar-refractivity contribution in [3.63, 3.8) is 0 Å². The molecule has 0 radical (unpaired) electrons. The molecule has 33 heavy (non-hydrogen) atoms. The first kappa shape index (κ1) is 24.3. The summed E-state index contributed by atoms with van der Waals surface area (Å²) < 4.78 is 42.1. The van der Waals surface area contributed by atoms with Crippen LogP contribution in [0.1, 0.15) is 17.5 Å². The third kappa shape index (κ3) is 7.35. The Hall–Kier alpha value is -3.33. The number of ether oxygens (including phenoxy) is 1. The van der Waals surface area contributed by atoms with Crippen molar-refractivity contribution in [3.8, 4) is 17.0 Å². The van der Waals surface area contributed by atoms with Crippen molar-refractivity contribution in [3.05, 3.63) is 59.7 Å². The summed E-state index contributed by atoms with van der Waals surface area (Å²) >= 11 is 0. The molecule has 0 unspecified atom stereocenters. The monoisotopic (exact) mass is 459 g/mol. The van der Waals surface area contributed by atoms with Crippen LogP contribution < -0.4 is 15.4 Å². The van der Waals surface area contributed by atoms with E-state index in [1.165, 1.54) is 18.2 Å². The Morgan fingerprint density at radius 1 is 0.970 bits per heavy atom. The van der Waals surface area contributed by atoms with Gasteiger partial charge < -0.3 is 20.3 Å². The number of hydrogen-bond acceptors (Lipinski definition) is 6. The van der Waals surface area contributed by atoms with Crippen molar-refractivity contribution in [2.45, 2.75) is 26.6 Å². The van der Waals surface area contributed by atoms with Gasteiger partial charge in [0.15, 0.2) is 0 Å². The van der Waals surface area contributed by atoms with Gasteiger partial charge in [-0.05, 0) is 64.2 Å². The van der Waals surface area contributed by atoms with Crippen molar-refractivity contribution >= 4 is 17.5 Å². The summed E-state index contributed by atoms with van der Waals surface area (Å²) in [6.45, 7) is 5.55. The Bertz CT molecular complexity index is 1070. The van der Waals surface area contributed by atoms with Gasteiger partial charge in [-0.3, -0.25) is 0 Å². The van der Waals surface area contributed by atoms with E-state index in [2.05, 4.69) is 30.2 Å². The smallest absolute Gasteiger partial charge is 0.406 e. The van der Waals surface area contributed by atoms with Crippen molar-refractivity contribution in [2.75, 3.05) is 37.8 Å². The molecule has 3 aromatic rings. The number of para-hydroxylation sites is 1. The highest BCUT2D eigenvalue weighted by molar-refractivity contribution is 5.70. The molecule has 0 saturated heterocycles. The van der Waals surface area contributed by atoms with Crippen molar-refractivity contribution in [2.24, 2.45) is 0 Å². The highest BCUT2D eigenvalue weighted by Gasteiger charge is 2.31. The lowest BCUT2D eigenvalue weighted by Crippen LogP contribution is -2.17. The molecule has 0 atom stereocenters. The average molecular weight is 460 g/mol. The lowest BCUT2D eigenvalue weighted by Gasteiger charge is -2.15. The summed E-state index contributed by atoms with van der Waals surface area (Å²) in [7, 11) is 4.00. The predicted octanol–water partition coefficient (Wildman–Crippen LogP) is 5.77. The molecule has 2 aromatic carbocycles. The van der Waals surface area contributed by atoms with E-state index >= 15 is 0 Å². The van der Waals surface area contributed by atoms with Crippen LogP contribution in [0, 0.1) is 13.8 Å². The van der Waals surface area contributed by atoms with E-state index in [1.807, 2.05) is 46.1 Å². The lowest BCUT2D eigenvalue weighted by molar-refractivity contribution is -0.274. The number of benzene rings is 2. The number of rotatable bonds is 9. The van der Waals surface area contributed by atoms with Crippen LogP contribution in [-0.4, -0.2) is 48.4 Å².